The van der Waals surface area contributed by atoms with Crippen molar-refractivity contribution in [2.75, 3.05) is 0 Å². The summed E-state index contributed by atoms with van der Waals surface area (Å²) < 4.78 is 40.0. The third-order valence-corrected chi connectivity index (χ3v) is 3.68. The van der Waals surface area contributed by atoms with Crippen LogP contribution in [0, 0.1) is 0 Å². The fourth-order valence-corrected chi connectivity index (χ4v) is 2.41. The number of amides is 1. The van der Waals surface area contributed by atoms with Gasteiger partial charge in [-0.3, -0.25) is 4.79 Å². The van der Waals surface area contributed by atoms with Crippen LogP contribution < -0.4 is 5.32 Å². The lowest BCUT2D eigenvalue weighted by Crippen LogP contribution is -2.29. The van der Waals surface area contributed by atoms with Gasteiger partial charge in [0.25, 0.3) is 5.91 Å². The van der Waals surface area contributed by atoms with E-state index < -0.39 is 23.7 Å². The number of carbonyl (C=O) groups is 1. The number of hydrogen-bond acceptors (Lipinski definition) is 3. The summed E-state index contributed by atoms with van der Waals surface area (Å²) in [5.41, 5.74) is -1.17. The lowest BCUT2D eigenvalue weighted by Gasteiger charge is -2.16. The maximum Gasteiger partial charge on any atom is 0.416 e. The number of halogens is 4. The van der Waals surface area contributed by atoms with Crippen molar-refractivity contribution in [1.29, 1.82) is 0 Å². The van der Waals surface area contributed by atoms with Gasteiger partial charge in [0.1, 0.15) is 12.2 Å². The summed E-state index contributed by atoms with van der Waals surface area (Å²) in [7, 11) is 0. The molecular weight excluding hydrogens is 345 g/mol. The number of aromatic nitrogens is 3. The van der Waals surface area contributed by atoms with Crippen LogP contribution in [0.15, 0.2) is 24.5 Å². The Bertz CT molecular complexity index is 730. The Balaban J connectivity index is 2.22. The van der Waals surface area contributed by atoms with Crippen molar-refractivity contribution in [1.82, 2.24) is 20.1 Å². The molecule has 0 fully saturated rings. The molecule has 0 aliphatic heterocycles. The standard InChI is InChI=1S/C15H16ClF3N4O/c1-3-6-23-13(20-8-21-23)9(2)22-14(24)11-7-10(15(17,18)19)4-5-12(11)16/h4-5,7-9H,3,6H2,1-2H3,(H,22,24)/t9-/m0/s1. The highest BCUT2D eigenvalue weighted by Crippen LogP contribution is 2.31. The van der Waals surface area contributed by atoms with Crippen LogP contribution in [0.4, 0.5) is 13.2 Å². The van der Waals surface area contributed by atoms with Crippen LogP contribution in [0.25, 0.3) is 0 Å². The third kappa shape index (κ3) is 4.05. The van der Waals surface area contributed by atoms with Crippen LogP contribution in [0.5, 0.6) is 0 Å². The maximum absolute atomic E-state index is 12.8. The summed E-state index contributed by atoms with van der Waals surface area (Å²) in [6, 6.07) is 2.10. The SMILES string of the molecule is CCCn1ncnc1[C@H](C)NC(=O)c1cc(C(F)(F)F)ccc1Cl. The molecule has 130 valence electrons. The zero-order valence-corrected chi connectivity index (χ0v) is 13.8. The summed E-state index contributed by atoms with van der Waals surface area (Å²) >= 11 is 5.87. The number of aryl methyl sites for hydroxylation is 1. The summed E-state index contributed by atoms with van der Waals surface area (Å²) in [4.78, 5) is 16.4. The minimum Gasteiger partial charge on any atom is -0.342 e. The van der Waals surface area contributed by atoms with E-state index in [1.54, 1.807) is 11.6 Å². The lowest BCUT2D eigenvalue weighted by atomic mass is 10.1. The molecule has 1 heterocycles. The molecule has 0 unspecified atom stereocenters. The number of nitrogens with zero attached hydrogens (tertiary/aromatic N) is 3. The highest BCUT2D eigenvalue weighted by atomic mass is 35.5. The van der Waals surface area contributed by atoms with Crippen LogP contribution in [-0.2, 0) is 12.7 Å². The zero-order chi connectivity index (χ0) is 17.9. The van der Waals surface area contributed by atoms with Crippen molar-refractivity contribution in [3.05, 3.63) is 46.5 Å². The number of benzene rings is 1. The predicted molar refractivity (Wildman–Crippen MR) is 82.6 cm³/mol. The average molecular weight is 361 g/mol. The average Bonchev–Trinajstić information content (AvgIpc) is 2.95. The molecule has 0 aliphatic rings. The minimum absolute atomic E-state index is 0.0530. The molecule has 1 N–H and O–H groups in total. The Morgan fingerprint density at radius 3 is 2.75 bits per heavy atom. The van der Waals surface area contributed by atoms with E-state index in [2.05, 4.69) is 15.4 Å². The van der Waals surface area contributed by atoms with E-state index in [0.29, 0.717) is 12.4 Å². The zero-order valence-electron chi connectivity index (χ0n) is 13.1. The quantitative estimate of drug-likeness (QED) is 0.881. The Hall–Kier alpha value is -2.09. The predicted octanol–water partition coefficient (Wildman–Crippen LogP) is 3.85. The first-order chi connectivity index (χ1) is 11.2. The van der Waals surface area contributed by atoms with Gasteiger partial charge in [0.05, 0.1) is 22.2 Å². The van der Waals surface area contributed by atoms with Gasteiger partial charge in [-0.05, 0) is 31.5 Å². The smallest absolute Gasteiger partial charge is 0.342 e. The first kappa shape index (κ1) is 18.3. The molecule has 0 saturated heterocycles. The fourth-order valence-electron chi connectivity index (χ4n) is 2.21. The molecule has 0 aliphatic carbocycles. The fraction of sp³-hybridized carbons (Fsp3) is 0.400. The molecule has 0 spiro atoms. The number of alkyl halides is 3. The molecule has 1 aromatic carbocycles. The van der Waals surface area contributed by atoms with Gasteiger partial charge >= 0.3 is 6.18 Å². The Morgan fingerprint density at radius 1 is 1.42 bits per heavy atom. The summed E-state index contributed by atoms with van der Waals surface area (Å²) in [6.07, 6.45) is -2.35. The summed E-state index contributed by atoms with van der Waals surface area (Å²) in [6.45, 7) is 4.27. The van der Waals surface area contributed by atoms with Crippen molar-refractivity contribution >= 4 is 17.5 Å². The minimum atomic E-state index is -4.55. The van der Waals surface area contributed by atoms with E-state index in [-0.39, 0.29) is 10.6 Å². The molecule has 2 rings (SSSR count). The maximum atomic E-state index is 12.8. The van der Waals surface area contributed by atoms with E-state index in [0.717, 1.165) is 24.6 Å². The van der Waals surface area contributed by atoms with Crippen molar-refractivity contribution in [3.63, 3.8) is 0 Å². The van der Waals surface area contributed by atoms with Crippen LogP contribution in [0.1, 0.15) is 48.1 Å². The molecule has 9 heteroatoms. The van der Waals surface area contributed by atoms with E-state index in [1.807, 2.05) is 6.92 Å². The molecule has 2 aromatic rings. The van der Waals surface area contributed by atoms with Gasteiger partial charge < -0.3 is 5.32 Å². The van der Waals surface area contributed by atoms with E-state index >= 15 is 0 Å². The van der Waals surface area contributed by atoms with Gasteiger partial charge in [0.2, 0.25) is 0 Å². The second-order valence-corrected chi connectivity index (χ2v) is 5.64. The number of rotatable bonds is 5. The highest BCUT2D eigenvalue weighted by Gasteiger charge is 2.32. The van der Waals surface area contributed by atoms with Crippen LogP contribution in [0.3, 0.4) is 0 Å². The third-order valence-electron chi connectivity index (χ3n) is 3.35. The van der Waals surface area contributed by atoms with Crippen molar-refractivity contribution in [2.24, 2.45) is 0 Å². The second-order valence-electron chi connectivity index (χ2n) is 5.23. The van der Waals surface area contributed by atoms with Crippen LogP contribution in [0.2, 0.25) is 5.02 Å². The Labute approximate surface area is 141 Å². The Kier molecular flexibility index (Phi) is 5.48. The molecule has 0 saturated carbocycles. The normalized spacial score (nSPS) is 12.9. The molecule has 1 atom stereocenters. The number of hydrogen-bond donors (Lipinski definition) is 1. The molecule has 24 heavy (non-hydrogen) atoms. The van der Waals surface area contributed by atoms with Gasteiger partial charge in [-0.25, -0.2) is 9.67 Å². The first-order valence-corrected chi connectivity index (χ1v) is 7.67. The lowest BCUT2D eigenvalue weighted by molar-refractivity contribution is -0.137. The summed E-state index contributed by atoms with van der Waals surface area (Å²) in [5.74, 6) is -0.182. The van der Waals surface area contributed by atoms with Crippen molar-refractivity contribution < 1.29 is 18.0 Å². The van der Waals surface area contributed by atoms with E-state index in [4.69, 9.17) is 11.6 Å². The molecule has 0 radical (unpaired) electrons. The molecular formula is C15H16ClF3N4O. The van der Waals surface area contributed by atoms with Gasteiger partial charge in [-0.15, -0.1) is 0 Å². The molecule has 0 bridgehead atoms. The molecule has 1 aromatic heterocycles. The second kappa shape index (κ2) is 7.21. The van der Waals surface area contributed by atoms with E-state index in [1.165, 1.54) is 6.33 Å². The molecule has 1 amide bonds. The van der Waals surface area contributed by atoms with Gasteiger partial charge in [-0.2, -0.15) is 18.3 Å². The Morgan fingerprint density at radius 2 is 2.12 bits per heavy atom. The number of carbonyl (C=O) groups excluding carboxylic acids is 1. The highest BCUT2D eigenvalue weighted by molar-refractivity contribution is 6.33. The van der Waals surface area contributed by atoms with E-state index in [9.17, 15) is 18.0 Å². The summed E-state index contributed by atoms with van der Waals surface area (Å²) in [5, 5.41) is 6.60. The van der Waals surface area contributed by atoms with Crippen LogP contribution >= 0.6 is 11.6 Å². The molecule has 5 nitrogen and oxygen atoms in total. The monoisotopic (exact) mass is 360 g/mol. The van der Waals surface area contributed by atoms with Crippen molar-refractivity contribution in [3.8, 4) is 0 Å². The first-order valence-electron chi connectivity index (χ1n) is 7.29. The van der Waals surface area contributed by atoms with Gasteiger partial charge in [0.15, 0.2) is 0 Å². The number of nitrogens with one attached hydrogen (secondary N) is 1. The van der Waals surface area contributed by atoms with Gasteiger partial charge in [0, 0.05) is 6.54 Å². The topological polar surface area (TPSA) is 59.8 Å². The van der Waals surface area contributed by atoms with Gasteiger partial charge in [-0.1, -0.05) is 18.5 Å². The largest absolute Gasteiger partial charge is 0.416 e. The van der Waals surface area contributed by atoms with Crippen LogP contribution in [-0.4, -0.2) is 20.7 Å². The van der Waals surface area contributed by atoms with Crippen molar-refractivity contribution in [2.45, 2.75) is 39.0 Å².